The molecule has 0 spiro atoms. The number of hydrogen-bond acceptors (Lipinski definition) is 5. The van der Waals surface area contributed by atoms with Gasteiger partial charge in [-0.05, 0) is 12.5 Å². The van der Waals surface area contributed by atoms with Gasteiger partial charge in [-0.15, -0.1) is 0 Å². The Hall–Kier alpha value is -2.15. The molecule has 1 amide bonds. The van der Waals surface area contributed by atoms with E-state index in [0.29, 0.717) is 0 Å². The minimum atomic E-state index is -3.10. The van der Waals surface area contributed by atoms with Crippen LogP contribution in [0.2, 0.25) is 0 Å². The maximum atomic E-state index is 11.9. The lowest BCUT2D eigenvalue weighted by Gasteiger charge is -2.19. The van der Waals surface area contributed by atoms with E-state index in [0.717, 1.165) is 9.87 Å². The van der Waals surface area contributed by atoms with Crippen molar-refractivity contribution in [3.63, 3.8) is 0 Å². The van der Waals surface area contributed by atoms with Crippen molar-refractivity contribution >= 4 is 28.8 Å². The van der Waals surface area contributed by atoms with Crippen LogP contribution < -0.4 is 0 Å². The second-order valence-electron chi connectivity index (χ2n) is 4.80. The van der Waals surface area contributed by atoms with Gasteiger partial charge in [0.2, 0.25) is 16.8 Å². The third kappa shape index (κ3) is 3.54. The molecule has 1 heterocycles. The van der Waals surface area contributed by atoms with Gasteiger partial charge in [0.25, 0.3) is 0 Å². The van der Waals surface area contributed by atoms with Crippen molar-refractivity contribution < 1.29 is 22.7 Å². The van der Waals surface area contributed by atoms with E-state index in [1.807, 2.05) is 30.3 Å². The Morgan fingerprint density at radius 1 is 1.36 bits per heavy atom. The average molecular weight is 323 g/mol. The topological polar surface area (TPSA) is 80.8 Å². The molecule has 2 rings (SSSR count). The molecule has 22 heavy (non-hydrogen) atoms. The Morgan fingerprint density at radius 3 is 2.64 bits per heavy atom. The maximum Gasteiger partial charge on any atom is 0.311 e. The van der Waals surface area contributed by atoms with Crippen LogP contribution in [0.5, 0.6) is 0 Å². The highest BCUT2D eigenvalue weighted by Gasteiger charge is 2.44. The number of rotatable bonds is 5. The number of carbonyl (C=O) groups excluding carboxylic acids is 2. The van der Waals surface area contributed by atoms with Crippen LogP contribution in [0.15, 0.2) is 36.4 Å². The van der Waals surface area contributed by atoms with Crippen LogP contribution in [0, 0.1) is 5.92 Å². The molecule has 1 aliphatic heterocycles. The molecule has 1 fully saturated rings. The molecule has 0 bridgehead atoms. The summed E-state index contributed by atoms with van der Waals surface area (Å²) in [6, 6.07) is 8.39. The molecule has 2 atom stereocenters. The third-order valence-electron chi connectivity index (χ3n) is 3.40. The van der Waals surface area contributed by atoms with Crippen LogP contribution in [-0.4, -0.2) is 37.2 Å². The molecular formula is C15H17NO5S. The molecule has 118 valence electrons. The Morgan fingerprint density at radius 2 is 2.05 bits per heavy atom. The van der Waals surface area contributed by atoms with E-state index in [4.69, 9.17) is 4.74 Å². The SMILES string of the molecule is CCOC(=O)[C@H]1CC(=O)N([SH](=O)=O)[C@H]1/C=C/c1ccccc1. The molecular weight excluding hydrogens is 306 g/mol. The highest BCUT2D eigenvalue weighted by Crippen LogP contribution is 2.28. The van der Waals surface area contributed by atoms with Gasteiger partial charge in [-0.1, -0.05) is 42.5 Å². The van der Waals surface area contributed by atoms with Gasteiger partial charge in [-0.2, -0.15) is 0 Å². The molecule has 0 N–H and O–H groups in total. The van der Waals surface area contributed by atoms with Crippen molar-refractivity contribution in [2.45, 2.75) is 19.4 Å². The fraction of sp³-hybridized carbons (Fsp3) is 0.333. The minimum absolute atomic E-state index is 0.161. The van der Waals surface area contributed by atoms with Crippen molar-refractivity contribution in [1.82, 2.24) is 4.31 Å². The zero-order valence-electron chi connectivity index (χ0n) is 12.0. The maximum absolute atomic E-state index is 11.9. The van der Waals surface area contributed by atoms with Gasteiger partial charge in [0, 0.05) is 6.42 Å². The van der Waals surface area contributed by atoms with E-state index < -0.39 is 34.7 Å². The van der Waals surface area contributed by atoms with E-state index >= 15 is 0 Å². The number of esters is 1. The Labute approximate surface area is 130 Å². The molecule has 0 radical (unpaired) electrons. The number of ether oxygens (including phenoxy) is 1. The van der Waals surface area contributed by atoms with Crippen LogP contribution in [-0.2, 0) is 25.2 Å². The van der Waals surface area contributed by atoms with Crippen molar-refractivity contribution in [1.29, 1.82) is 0 Å². The highest BCUT2D eigenvalue weighted by molar-refractivity contribution is 7.70. The van der Waals surface area contributed by atoms with Crippen molar-refractivity contribution in [2.24, 2.45) is 5.92 Å². The first-order valence-electron chi connectivity index (χ1n) is 6.90. The smallest absolute Gasteiger partial charge is 0.311 e. The quantitative estimate of drug-likeness (QED) is 0.646. The first-order chi connectivity index (χ1) is 10.5. The summed E-state index contributed by atoms with van der Waals surface area (Å²) in [5.41, 5.74) is 0.852. The standard InChI is InChI=1S/C15H17NO5S/c1-2-21-15(18)12-10-14(17)16(22(19)20)13(12)9-8-11-6-4-3-5-7-11/h3-9,12-13,22H,2,10H2,1H3/b9-8+/t12-,13-/m0/s1. The van der Waals surface area contributed by atoms with Crippen LogP contribution in [0.1, 0.15) is 18.9 Å². The Kier molecular flexibility index (Phi) is 5.32. The van der Waals surface area contributed by atoms with E-state index in [-0.39, 0.29) is 13.0 Å². The van der Waals surface area contributed by atoms with Crippen molar-refractivity contribution in [3.8, 4) is 0 Å². The van der Waals surface area contributed by atoms with E-state index in [2.05, 4.69) is 0 Å². The lowest BCUT2D eigenvalue weighted by Crippen LogP contribution is -2.35. The van der Waals surface area contributed by atoms with Crippen molar-refractivity contribution in [3.05, 3.63) is 42.0 Å². The first-order valence-corrected chi connectivity index (χ1v) is 8.04. The summed E-state index contributed by atoms with van der Waals surface area (Å²) >= 11 is 0. The van der Waals surface area contributed by atoms with Gasteiger partial charge in [0.15, 0.2) is 0 Å². The molecule has 1 aromatic rings. The molecule has 1 saturated heterocycles. The predicted molar refractivity (Wildman–Crippen MR) is 81.2 cm³/mol. The fourth-order valence-electron chi connectivity index (χ4n) is 2.40. The van der Waals surface area contributed by atoms with Gasteiger partial charge in [-0.25, -0.2) is 12.7 Å². The van der Waals surface area contributed by atoms with Crippen LogP contribution in [0.3, 0.4) is 0 Å². The van der Waals surface area contributed by atoms with E-state index in [1.54, 1.807) is 19.1 Å². The lowest BCUT2D eigenvalue weighted by molar-refractivity contribution is -0.148. The summed E-state index contributed by atoms with van der Waals surface area (Å²) in [5.74, 6) is -1.95. The largest absolute Gasteiger partial charge is 0.466 e. The van der Waals surface area contributed by atoms with Crippen LogP contribution in [0.25, 0.3) is 6.08 Å². The number of carbonyl (C=O) groups is 2. The Bertz CT molecular complexity index is 645. The Balaban J connectivity index is 2.29. The molecule has 6 nitrogen and oxygen atoms in total. The summed E-state index contributed by atoms with van der Waals surface area (Å²) in [7, 11) is -3.10. The minimum Gasteiger partial charge on any atom is -0.466 e. The van der Waals surface area contributed by atoms with Crippen LogP contribution >= 0.6 is 0 Å². The summed E-state index contributed by atoms with van der Waals surface area (Å²) in [5, 5.41) is 0. The summed E-state index contributed by atoms with van der Waals surface area (Å²) in [6.45, 7) is 1.84. The molecule has 0 aromatic heterocycles. The average Bonchev–Trinajstić information content (AvgIpc) is 2.83. The van der Waals surface area contributed by atoms with Gasteiger partial charge >= 0.3 is 5.97 Å². The second-order valence-corrected chi connectivity index (χ2v) is 5.71. The van der Waals surface area contributed by atoms with Crippen molar-refractivity contribution in [2.75, 3.05) is 6.61 Å². The molecule has 0 unspecified atom stereocenters. The monoisotopic (exact) mass is 323 g/mol. The van der Waals surface area contributed by atoms with E-state index in [9.17, 15) is 18.0 Å². The molecule has 1 aliphatic rings. The van der Waals surface area contributed by atoms with E-state index in [1.165, 1.54) is 0 Å². The predicted octanol–water partition coefficient (Wildman–Crippen LogP) is 1.01. The molecule has 1 aromatic carbocycles. The normalized spacial score (nSPS) is 21.7. The fourth-order valence-corrected chi connectivity index (χ4v) is 3.12. The number of benzene rings is 1. The highest BCUT2D eigenvalue weighted by atomic mass is 32.2. The molecule has 0 saturated carbocycles. The zero-order chi connectivity index (χ0) is 16.1. The van der Waals surface area contributed by atoms with Gasteiger partial charge < -0.3 is 4.74 Å². The van der Waals surface area contributed by atoms with Crippen LogP contribution in [0.4, 0.5) is 0 Å². The zero-order valence-corrected chi connectivity index (χ0v) is 12.9. The summed E-state index contributed by atoms with van der Waals surface area (Å²) in [4.78, 5) is 23.8. The number of amides is 1. The van der Waals surface area contributed by atoms with Gasteiger partial charge in [0.1, 0.15) is 0 Å². The summed E-state index contributed by atoms with van der Waals surface area (Å²) < 4.78 is 28.3. The molecule has 0 aliphatic carbocycles. The van der Waals surface area contributed by atoms with Gasteiger partial charge in [0.05, 0.1) is 18.6 Å². The summed E-state index contributed by atoms with van der Waals surface area (Å²) in [6.07, 6.45) is 3.10. The number of nitrogens with zero attached hydrogens (tertiary/aromatic N) is 1. The number of thiol groups is 1. The second kappa shape index (κ2) is 7.22. The molecule has 7 heteroatoms. The third-order valence-corrected chi connectivity index (χ3v) is 4.24. The lowest BCUT2D eigenvalue weighted by atomic mass is 9.99. The number of hydrogen-bond donors (Lipinski definition) is 1. The first kappa shape index (κ1) is 16.2. The van der Waals surface area contributed by atoms with Gasteiger partial charge in [-0.3, -0.25) is 9.59 Å².